The van der Waals surface area contributed by atoms with Crippen LogP contribution in [0.2, 0.25) is 0 Å². The number of rotatable bonds is 5. The van der Waals surface area contributed by atoms with E-state index in [1.54, 1.807) is 7.11 Å². The summed E-state index contributed by atoms with van der Waals surface area (Å²) in [5.74, 6) is 0.951. The summed E-state index contributed by atoms with van der Waals surface area (Å²) in [6.07, 6.45) is 0.927. The molecule has 0 aliphatic heterocycles. The van der Waals surface area contributed by atoms with Gasteiger partial charge in [-0.1, -0.05) is 40.2 Å². The lowest BCUT2D eigenvalue weighted by Crippen LogP contribution is -2.19. The first kappa shape index (κ1) is 14.9. The zero-order valence-corrected chi connectivity index (χ0v) is 13.7. The maximum absolute atomic E-state index is 5.40. The molecule has 0 aliphatic rings. The third kappa shape index (κ3) is 3.76. The molecule has 3 heteroatoms. The highest BCUT2D eigenvalue weighted by Gasteiger charge is 2.09. The number of hydrogen-bond acceptors (Lipinski definition) is 2. The Kier molecular flexibility index (Phi) is 5.07. The van der Waals surface area contributed by atoms with Crippen LogP contribution in [0, 0.1) is 6.92 Å². The Bertz CT molecular complexity index is 583. The van der Waals surface area contributed by atoms with Gasteiger partial charge in [-0.3, -0.25) is 0 Å². The van der Waals surface area contributed by atoms with Crippen LogP contribution in [-0.4, -0.2) is 13.2 Å². The lowest BCUT2D eigenvalue weighted by atomic mass is 10.1. The quantitative estimate of drug-likeness (QED) is 0.847. The second kappa shape index (κ2) is 6.80. The van der Waals surface area contributed by atoms with E-state index < -0.39 is 0 Å². The van der Waals surface area contributed by atoms with Crippen LogP contribution in [0.15, 0.2) is 46.9 Å². The lowest BCUT2D eigenvalue weighted by molar-refractivity contribution is 0.409. The van der Waals surface area contributed by atoms with Crippen molar-refractivity contribution in [3.63, 3.8) is 0 Å². The zero-order valence-electron chi connectivity index (χ0n) is 12.1. The van der Waals surface area contributed by atoms with Crippen molar-refractivity contribution in [1.82, 2.24) is 0 Å². The second-order valence-electron chi connectivity index (χ2n) is 5.02. The van der Waals surface area contributed by atoms with Gasteiger partial charge in [0, 0.05) is 16.2 Å². The van der Waals surface area contributed by atoms with Gasteiger partial charge >= 0.3 is 0 Å². The first-order valence-corrected chi connectivity index (χ1v) is 7.54. The third-order valence-corrected chi connectivity index (χ3v) is 3.81. The maximum atomic E-state index is 5.40. The van der Waals surface area contributed by atoms with Crippen LogP contribution in [0.4, 0.5) is 5.69 Å². The molecule has 2 nitrogen and oxygen atoms in total. The number of anilines is 1. The van der Waals surface area contributed by atoms with Crippen molar-refractivity contribution in [1.29, 1.82) is 0 Å². The van der Waals surface area contributed by atoms with Gasteiger partial charge in [0.05, 0.1) is 7.11 Å². The molecule has 1 unspecified atom stereocenters. The third-order valence-electron chi connectivity index (χ3n) is 3.32. The molecule has 0 saturated heterocycles. The molecule has 0 aliphatic carbocycles. The van der Waals surface area contributed by atoms with Gasteiger partial charge in [0.2, 0.25) is 0 Å². The summed E-state index contributed by atoms with van der Waals surface area (Å²) in [5, 5.41) is 3.57. The number of ether oxygens (including phenoxy) is 1. The Hall–Kier alpha value is -1.48. The van der Waals surface area contributed by atoms with E-state index in [0.29, 0.717) is 6.04 Å². The molecule has 1 atom stereocenters. The molecular formula is C17H20BrNO. The summed E-state index contributed by atoms with van der Waals surface area (Å²) < 4.78 is 6.50. The van der Waals surface area contributed by atoms with E-state index in [-0.39, 0.29) is 0 Å². The SMILES string of the molecule is COc1ccccc1CC(C)Nc1cc(Br)ccc1C. The number of halogens is 1. The summed E-state index contributed by atoms with van der Waals surface area (Å²) in [4.78, 5) is 0. The predicted molar refractivity (Wildman–Crippen MR) is 88.7 cm³/mol. The van der Waals surface area contributed by atoms with E-state index >= 15 is 0 Å². The molecule has 0 radical (unpaired) electrons. The molecule has 0 aromatic heterocycles. The molecule has 2 rings (SSSR count). The van der Waals surface area contributed by atoms with Crippen LogP contribution in [0.25, 0.3) is 0 Å². The fourth-order valence-electron chi connectivity index (χ4n) is 2.27. The van der Waals surface area contributed by atoms with Gasteiger partial charge in [-0.25, -0.2) is 0 Å². The average molecular weight is 334 g/mol. The van der Waals surface area contributed by atoms with Crippen LogP contribution in [-0.2, 0) is 6.42 Å². The highest BCUT2D eigenvalue weighted by molar-refractivity contribution is 9.10. The van der Waals surface area contributed by atoms with Gasteiger partial charge in [0.1, 0.15) is 5.75 Å². The first-order chi connectivity index (χ1) is 9.60. The van der Waals surface area contributed by atoms with Crippen LogP contribution >= 0.6 is 15.9 Å². The number of hydrogen-bond donors (Lipinski definition) is 1. The standard InChI is InChI=1S/C17H20BrNO/c1-12-8-9-15(18)11-16(12)19-13(2)10-14-6-4-5-7-17(14)20-3/h4-9,11,13,19H,10H2,1-3H3. The molecule has 0 fully saturated rings. The number of benzene rings is 2. The highest BCUT2D eigenvalue weighted by Crippen LogP contribution is 2.24. The summed E-state index contributed by atoms with van der Waals surface area (Å²) in [6.45, 7) is 4.30. The zero-order chi connectivity index (χ0) is 14.5. The summed E-state index contributed by atoms with van der Waals surface area (Å²) in [6, 6.07) is 14.8. The van der Waals surface area contributed by atoms with Gasteiger partial charge in [-0.15, -0.1) is 0 Å². The van der Waals surface area contributed by atoms with E-state index in [4.69, 9.17) is 4.74 Å². The average Bonchev–Trinajstić information content (AvgIpc) is 2.43. The minimum Gasteiger partial charge on any atom is -0.496 e. The Labute approximate surface area is 129 Å². The van der Waals surface area contributed by atoms with E-state index in [9.17, 15) is 0 Å². The smallest absolute Gasteiger partial charge is 0.122 e. The number of methoxy groups -OCH3 is 1. The highest BCUT2D eigenvalue weighted by atomic mass is 79.9. The molecule has 20 heavy (non-hydrogen) atoms. The van der Waals surface area contributed by atoms with Crippen LogP contribution in [0.1, 0.15) is 18.1 Å². The molecule has 0 amide bonds. The number of para-hydroxylation sites is 1. The molecule has 0 heterocycles. The van der Waals surface area contributed by atoms with Crippen molar-refractivity contribution in [3.8, 4) is 5.75 Å². The molecule has 0 bridgehead atoms. The van der Waals surface area contributed by atoms with Crippen molar-refractivity contribution < 1.29 is 4.74 Å². The molecule has 0 saturated carbocycles. The van der Waals surface area contributed by atoms with Crippen molar-refractivity contribution in [2.75, 3.05) is 12.4 Å². The predicted octanol–water partition coefficient (Wildman–Crippen LogP) is 4.81. The van der Waals surface area contributed by atoms with Crippen LogP contribution in [0.5, 0.6) is 5.75 Å². The molecular weight excluding hydrogens is 314 g/mol. The lowest BCUT2D eigenvalue weighted by Gasteiger charge is -2.18. The number of nitrogens with one attached hydrogen (secondary N) is 1. The van der Waals surface area contributed by atoms with Gasteiger partial charge < -0.3 is 10.1 Å². The molecule has 0 spiro atoms. The van der Waals surface area contributed by atoms with Crippen molar-refractivity contribution in [2.24, 2.45) is 0 Å². The van der Waals surface area contributed by atoms with Crippen molar-refractivity contribution in [3.05, 3.63) is 58.1 Å². The van der Waals surface area contributed by atoms with E-state index in [0.717, 1.165) is 16.6 Å². The Morgan fingerprint density at radius 1 is 1.20 bits per heavy atom. The minimum atomic E-state index is 0.333. The topological polar surface area (TPSA) is 21.3 Å². The maximum Gasteiger partial charge on any atom is 0.122 e. The Morgan fingerprint density at radius 2 is 1.95 bits per heavy atom. The molecule has 106 valence electrons. The first-order valence-electron chi connectivity index (χ1n) is 6.74. The normalized spacial score (nSPS) is 12.0. The second-order valence-corrected chi connectivity index (χ2v) is 5.94. The van der Waals surface area contributed by atoms with Crippen molar-refractivity contribution >= 4 is 21.6 Å². The Morgan fingerprint density at radius 3 is 2.70 bits per heavy atom. The van der Waals surface area contributed by atoms with Crippen LogP contribution in [0.3, 0.4) is 0 Å². The summed E-state index contributed by atoms with van der Waals surface area (Å²) in [5.41, 5.74) is 3.64. The van der Waals surface area contributed by atoms with Gasteiger partial charge in [-0.05, 0) is 49.6 Å². The number of aryl methyl sites for hydroxylation is 1. The van der Waals surface area contributed by atoms with Gasteiger partial charge in [0.25, 0.3) is 0 Å². The Balaban J connectivity index is 2.09. The fourth-order valence-corrected chi connectivity index (χ4v) is 2.63. The van der Waals surface area contributed by atoms with E-state index in [2.05, 4.69) is 65.4 Å². The summed E-state index contributed by atoms with van der Waals surface area (Å²) >= 11 is 3.52. The minimum absolute atomic E-state index is 0.333. The van der Waals surface area contributed by atoms with E-state index in [1.165, 1.54) is 16.8 Å². The monoisotopic (exact) mass is 333 g/mol. The molecule has 1 N–H and O–H groups in total. The van der Waals surface area contributed by atoms with Crippen LogP contribution < -0.4 is 10.1 Å². The van der Waals surface area contributed by atoms with Crippen molar-refractivity contribution in [2.45, 2.75) is 26.3 Å². The summed E-state index contributed by atoms with van der Waals surface area (Å²) in [7, 11) is 1.72. The molecule has 2 aromatic rings. The van der Waals surface area contributed by atoms with E-state index in [1.807, 2.05) is 12.1 Å². The van der Waals surface area contributed by atoms with Gasteiger partial charge in [-0.2, -0.15) is 0 Å². The fraction of sp³-hybridized carbons (Fsp3) is 0.294. The van der Waals surface area contributed by atoms with Gasteiger partial charge in [0.15, 0.2) is 0 Å². The molecule has 2 aromatic carbocycles. The largest absolute Gasteiger partial charge is 0.496 e.